The number of nitrogen functional groups attached to an aromatic ring is 2. The average Bonchev–Trinajstić information content (AvgIpc) is 2.92. The molecular weight excluding hydrogens is 563 g/mol. The van der Waals surface area contributed by atoms with Gasteiger partial charge in [0.2, 0.25) is 0 Å². The number of halogens is 5. The number of benzene rings is 3. The quantitative estimate of drug-likeness (QED) is 0.0573. The maximum Gasteiger partial charge on any atom is 0.453 e. The second-order valence-electron chi connectivity index (χ2n) is 9.25. The summed E-state index contributed by atoms with van der Waals surface area (Å²) in [5.74, 6) is -5.53. The Bertz CT molecular complexity index is 1350. The van der Waals surface area contributed by atoms with E-state index in [4.69, 9.17) is 25.7 Å². The van der Waals surface area contributed by atoms with Gasteiger partial charge in [-0.05, 0) is 91.1 Å². The van der Waals surface area contributed by atoms with Gasteiger partial charge >= 0.3 is 24.0 Å². The molecule has 0 amide bonds. The number of hydrogen-bond acceptors (Lipinski definition) is 7. The van der Waals surface area contributed by atoms with Gasteiger partial charge < -0.3 is 25.7 Å². The molecule has 0 fully saturated rings. The fourth-order valence-corrected chi connectivity index (χ4v) is 3.68. The Labute approximate surface area is 238 Å². The second kappa shape index (κ2) is 14.3. The van der Waals surface area contributed by atoms with Gasteiger partial charge in [-0.2, -0.15) is 22.0 Å². The first kappa shape index (κ1) is 31.9. The summed E-state index contributed by atoms with van der Waals surface area (Å²) < 4.78 is 78.1. The van der Waals surface area contributed by atoms with Crippen molar-refractivity contribution in [1.82, 2.24) is 0 Å². The molecule has 0 heterocycles. The third kappa shape index (κ3) is 10.1. The van der Waals surface area contributed by atoms with E-state index in [0.29, 0.717) is 29.8 Å². The topological polar surface area (TPSA) is 114 Å². The summed E-state index contributed by atoms with van der Waals surface area (Å²) in [6.07, 6.45) is -3.41. The first-order valence-corrected chi connectivity index (χ1v) is 12.8. The van der Waals surface area contributed by atoms with Gasteiger partial charge in [0.1, 0.15) is 11.5 Å². The van der Waals surface area contributed by atoms with Gasteiger partial charge in [-0.25, -0.2) is 9.59 Å². The van der Waals surface area contributed by atoms with Crippen molar-refractivity contribution < 1.29 is 45.8 Å². The zero-order chi connectivity index (χ0) is 30.8. The first-order valence-electron chi connectivity index (χ1n) is 12.8. The van der Waals surface area contributed by atoms with Crippen LogP contribution in [-0.4, -0.2) is 37.3 Å². The number of carbonyl (C=O) groups is 2. The minimum Gasteiger partial charge on any atom is -0.494 e. The number of aryl methyl sites for hydroxylation is 1. The summed E-state index contributed by atoms with van der Waals surface area (Å²) in [6.45, 7) is -0.130. The van der Waals surface area contributed by atoms with Gasteiger partial charge in [0, 0.05) is 23.9 Å². The highest BCUT2D eigenvalue weighted by Gasteiger charge is 2.56. The normalized spacial score (nSPS) is 11.8. The zero-order valence-corrected chi connectivity index (χ0v) is 22.3. The first-order chi connectivity index (χ1) is 19.8. The van der Waals surface area contributed by atoms with Crippen molar-refractivity contribution in [3.05, 3.63) is 89.5 Å². The minimum absolute atomic E-state index is 0.164. The molecule has 4 N–H and O–H groups in total. The molecule has 0 unspecified atom stereocenters. The molecule has 42 heavy (non-hydrogen) atoms. The highest BCUT2D eigenvalue weighted by atomic mass is 19.4. The molecule has 0 bridgehead atoms. The lowest BCUT2D eigenvalue weighted by Gasteiger charge is -2.19. The standard InChI is InChI=1S/C30H29F5N2O5/c31-29(32,30(33,34)35)14-2-16-40-25-11-7-22(8-12-25)28(39)42-26-9-4-20(5-10-26)6-13-27(38)41-15-1-3-21-17-23(36)19-24(37)18-21/h4-13,17-19H,1-3,14-16,36-37H2/b13-6+. The summed E-state index contributed by atoms with van der Waals surface area (Å²) in [7, 11) is 0. The largest absolute Gasteiger partial charge is 0.494 e. The van der Waals surface area contributed by atoms with Gasteiger partial charge in [0.15, 0.2) is 0 Å². The Morgan fingerprint density at radius 1 is 0.786 bits per heavy atom. The van der Waals surface area contributed by atoms with Crippen molar-refractivity contribution in [3.63, 3.8) is 0 Å². The molecule has 0 aromatic heterocycles. The summed E-state index contributed by atoms with van der Waals surface area (Å²) in [4.78, 5) is 24.4. The summed E-state index contributed by atoms with van der Waals surface area (Å²) in [6, 6.07) is 17.1. The highest BCUT2D eigenvalue weighted by molar-refractivity contribution is 5.91. The number of anilines is 2. The molecule has 0 radical (unpaired) electrons. The van der Waals surface area contributed by atoms with Crippen molar-refractivity contribution in [3.8, 4) is 11.5 Å². The van der Waals surface area contributed by atoms with E-state index >= 15 is 0 Å². The van der Waals surface area contributed by atoms with Gasteiger partial charge in [0.05, 0.1) is 18.8 Å². The maximum atomic E-state index is 12.9. The van der Waals surface area contributed by atoms with Gasteiger partial charge in [-0.1, -0.05) is 12.1 Å². The van der Waals surface area contributed by atoms with Crippen LogP contribution in [0, 0.1) is 0 Å². The third-order valence-corrected chi connectivity index (χ3v) is 5.80. The molecule has 3 rings (SSSR count). The van der Waals surface area contributed by atoms with Crippen LogP contribution in [0.25, 0.3) is 6.08 Å². The van der Waals surface area contributed by atoms with Crippen molar-refractivity contribution in [2.45, 2.75) is 37.8 Å². The minimum atomic E-state index is -5.60. The van der Waals surface area contributed by atoms with Crippen LogP contribution in [-0.2, 0) is 16.0 Å². The molecule has 0 spiro atoms. The molecule has 3 aromatic rings. The lowest BCUT2D eigenvalue weighted by atomic mass is 10.1. The van der Waals surface area contributed by atoms with Crippen LogP contribution in [0.5, 0.6) is 11.5 Å². The molecule has 12 heteroatoms. The smallest absolute Gasteiger partial charge is 0.453 e. The third-order valence-electron chi connectivity index (χ3n) is 5.80. The van der Waals surface area contributed by atoms with Crippen LogP contribution in [0.4, 0.5) is 33.3 Å². The number of nitrogens with two attached hydrogens (primary N) is 2. The molecular formula is C30H29F5N2O5. The van der Waals surface area contributed by atoms with Gasteiger partial charge in [0.25, 0.3) is 0 Å². The summed E-state index contributed by atoms with van der Waals surface area (Å²) in [5, 5.41) is 0. The molecule has 0 saturated heterocycles. The van der Waals surface area contributed by atoms with E-state index in [1.165, 1.54) is 42.5 Å². The number of alkyl halides is 5. The van der Waals surface area contributed by atoms with Crippen LogP contribution in [0.3, 0.4) is 0 Å². The molecule has 224 valence electrons. The Morgan fingerprint density at radius 3 is 2.02 bits per heavy atom. The molecule has 0 atom stereocenters. The summed E-state index contributed by atoms with van der Waals surface area (Å²) in [5.41, 5.74) is 14.5. The SMILES string of the molecule is Nc1cc(N)cc(CCCOC(=O)/C=C/c2ccc(OC(=O)c3ccc(OCCCC(F)(F)C(F)(F)F)cc3)cc2)c1. The van der Waals surface area contributed by atoms with E-state index in [1.54, 1.807) is 24.3 Å². The molecule has 7 nitrogen and oxygen atoms in total. The van der Waals surface area contributed by atoms with Crippen molar-refractivity contribution in [2.75, 3.05) is 24.7 Å². The Balaban J connectivity index is 1.39. The molecule has 0 aliphatic heterocycles. The predicted octanol–water partition coefficient (Wildman–Crippen LogP) is 6.62. The zero-order valence-electron chi connectivity index (χ0n) is 22.3. The van der Waals surface area contributed by atoms with Crippen molar-refractivity contribution in [2.24, 2.45) is 0 Å². The van der Waals surface area contributed by atoms with Crippen molar-refractivity contribution in [1.29, 1.82) is 0 Å². The number of carbonyl (C=O) groups excluding carboxylic acids is 2. The van der Waals surface area contributed by atoms with E-state index in [9.17, 15) is 31.5 Å². The molecule has 0 saturated carbocycles. The fraction of sp³-hybridized carbons (Fsp3) is 0.267. The van der Waals surface area contributed by atoms with Crippen molar-refractivity contribution >= 4 is 29.4 Å². The van der Waals surface area contributed by atoms with Crippen LogP contribution in [0.15, 0.2) is 72.8 Å². The monoisotopic (exact) mass is 592 g/mol. The van der Waals surface area contributed by atoms with Gasteiger partial charge in [-0.3, -0.25) is 0 Å². The van der Waals surface area contributed by atoms with Crippen LogP contribution < -0.4 is 20.9 Å². The second-order valence-corrected chi connectivity index (χ2v) is 9.25. The Kier molecular flexibility index (Phi) is 10.9. The molecule has 0 aliphatic rings. The number of ether oxygens (including phenoxy) is 3. The molecule has 3 aromatic carbocycles. The number of hydrogen-bond donors (Lipinski definition) is 2. The van der Waals surface area contributed by atoms with E-state index in [-0.39, 0.29) is 30.3 Å². The lowest BCUT2D eigenvalue weighted by Crippen LogP contribution is -2.36. The van der Waals surface area contributed by atoms with Gasteiger partial charge in [-0.15, -0.1) is 0 Å². The fourth-order valence-electron chi connectivity index (χ4n) is 3.68. The Morgan fingerprint density at radius 2 is 1.40 bits per heavy atom. The summed E-state index contributed by atoms with van der Waals surface area (Å²) >= 11 is 0. The highest BCUT2D eigenvalue weighted by Crippen LogP contribution is 2.38. The molecule has 0 aliphatic carbocycles. The Hall–Kier alpha value is -4.61. The maximum absolute atomic E-state index is 12.9. The lowest BCUT2D eigenvalue weighted by molar-refractivity contribution is -0.284. The van der Waals surface area contributed by atoms with E-state index in [1.807, 2.05) is 12.1 Å². The average molecular weight is 593 g/mol. The number of rotatable bonds is 13. The van der Waals surface area contributed by atoms with Crippen LogP contribution >= 0.6 is 0 Å². The van der Waals surface area contributed by atoms with E-state index in [2.05, 4.69) is 0 Å². The van der Waals surface area contributed by atoms with E-state index in [0.717, 1.165) is 5.56 Å². The predicted molar refractivity (Wildman–Crippen MR) is 147 cm³/mol. The number of esters is 2. The van der Waals surface area contributed by atoms with E-state index < -0.39 is 36.9 Å². The van der Waals surface area contributed by atoms with Crippen LogP contribution in [0.2, 0.25) is 0 Å². The van der Waals surface area contributed by atoms with Crippen LogP contribution in [0.1, 0.15) is 40.7 Å².